The molecule has 0 aliphatic heterocycles. The molecule has 0 radical (unpaired) electrons. The van der Waals surface area contributed by atoms with Gasteiger partial charge in [0.1, 0.15) is 17.0 Å². The maximum absolute atomic E-state index is 12.1. The molecule has 0 saturated carbocycles. The number of hydrogen-bond acceptors (Lipinski definition) is 5. The summed E-state index contributed by atoms with van der Waals surface area (Å²) in [6.45, 7) is -0.0972. The van der Waals surface area contributed by atoms with E-state index < -0.39 is 0 Å². The van der Waals surface area contributed by atoms with Gasteiger partial charge in [-0.05, 0) is 48.5 Å². The number of nitrogens with zero attached hydrogens (tertiary/aromatic N) is 1. The molecule has 140 valence electrons. The Balaban J connectivity index is 1.37. The Hall–Kier alpha value is -3.80. The minimum Gasteiger partial charge on any atom is -0.497 e. The quantitative estimate of drug-likeness (QED) is 0.537. The zero-order chi connectivity index (χ0) is 19.3. The molecule has 0 spiro atoms. The van der Waals surface area contributed by atoms with Gasteiger partial charge in [-0.3, -0.25) is 4.79 Å². The Kier molecular flexibility index (Phi) is 4.93. The normalized spacial score (nSPS) is 10.6. The van der Waals surface area contributed by atoms with E-state index in [4.69, 9.17) is 13.9 Å². The predicted molar refractivity (Wildman–Crippen MR) is 107 cm³/mol. The molecular weight excluding hydrogens is 356 g/mol. The van der Waals surface area contributed by atoms with Crippen LogP contribution in [-0.4, -0.2) is 24.6 Å². The van der Waals surface area contributed by atoms with Gasteiger partial charge in [0.2, 0.25) is 5.89 Å². The van der Waals surface area contributed by atoms with Crippen molar-refractivity contribution in [3.63, 3.8) is 0 Å². The van der Waals surface area contributed by atoms with Crippen molar-refractivity contribution in [1.29, 1.82) is 0 Å². The van der Waals surface area contributed by atoms with Crippen molar-refractivity contribution < 1.29 is 18.7 Å². The van der Waals surface area contributed by atoms with Crippen LogP contribution in [0.5, 0.6) is 11.5 Å². The highest BCUT2D eigenvalue weighted by Gasteiger charge is 2.09. The van der Waals surface area contributed by atoms with Crippen molar-refractivity contribution >= 4 is 22.7 Å². The second kappa shape index (κ2) is 7.84. The number of nitrogens with one attached hydrogen (secondary N) is 1. The Morgan fingerprint density at radius 3 is 2.57 bits per heavy atom. The molecule has 0 aliphatic carbocycles. The topological polar surface area (TPSA) is 73.6 Å². The van der Waals surface area contributed by atoms with Gasteiger partial charge in [-0.1, -0.05) is 18.2 Å². The molecule has 1 heterocycles. The number of rotatable bonds is 6. The Labute approximate surface area is 161 Å². The summed E-state index contributed by atoms with van der Waals surface area (Å²) < 4.78 is 16.4. The SMILES string of the molecule is COc1cccc(OCC(=O)Nc2ccc(-c3nc4ccccc4o3)cc2)c1. The van der Waals surface area contributed by atoms with Crippen LogP contribution in [0.25, 0.3) is 22.6 Å². The number of para-hydroxylation sites is 2. The first-order chi connectivity index (χ1) is 13.7. The lowest BCUT2D eigenvalue weighted by Crippen LogP contribution is -2.20. The van der Waals surface area contributed by atoms with Crippen LogP contribution in [0.1, 0.15) is 0 Å². The minimum absolute atomic E-state index is 0.0972. The highest BCUT2D eigenvalue weighted by molar-refractivity contribution is 5.92. The number of anilines is 1. The third-order valence-corrected chi connectivity index (χ3v) is 4.12. The number of amides is 1. The molecule has 28 heavy (non-hydrogen) atoms. The zero-order valence-electron chi connectivity index (χ0n) is 15.2. The second-order valence-corrected chi connectivity index (χ2v) is 6.08. The number of fused-ring (bicyclic) bond motifs is 1. The van der Waals surface area contributed by atoms with Crippen LogP contribution in [0.3, 0.4) is 0 Å². The number of oxazole rings is 1. The molecule has 6 nitrogen and oxygen atoms in total. The van der Waals surface area contributed by atoms with Gasteiger partial charge >= 0.3 is 0 Å². The highest BCUT2D eigenvalue weighted by Crippen LogP contribution is 2.25. The first kappa shape index (κ1) is 17.6. The third-order valence-electron chi connectivity index (χ3n) is 4.12. The number of ether oxygens (including phenoxy) is 2. The number of carbonyl (C=O) groups excluding carboxylic acids is 1. The molecule has 0 aliphatic rings. The number of hydrogen-bond donors (Lipinski definition) is 1. The fourth-order valence-electron chi connectivity index (χ4n) is 2.73. The van der Waals surface area contributed by atoms with E-state index in [2.05, 4.69) is 10.3 Å². The average molecular weight is 374 g/mol. The summed E-state index contributed by atoms with van der Waals surface area (Å²) in [5.74, 6) is 1.53. The van der Waals surface area contributed by atoms with E-state index in [1.54, 1.807) is 37.4 Å². The van der Waals surface area contributed by atoms with Crippen LogP contribution in [0, 0.1) is 0 Å². The molecular formula is C22H18N2O4. The standard InChI is InChI=1S/C22H18N2O4/c1-26-17-5-4-6-18(13-17)27-14-21(25)23-16-11-9-15(10-12-16)22-24-19-7-2-3-8-20(19)28-22/h2-13H,14H2,1H3,(H,23,25). The molecule has 1 aromatic heterocycles. The summed E-state index contributed by atoms with van der Waals surface area (Å²) in [5, 5.41) is 2.80. The Bertz CT molecular complexity index is 1070. The molecule has 4 rings (SSSR count). The van der Waals surface area contributed by atoms with Crippen molar-refractivity contribution in [3.8, 4) is 23.0 Å². The van der Waals surface area contributed by atoms with Crippen molar-refractivity contribution in [2.45, 2.75) is 0 Å². The second-order valence-electron chi connectivity index (χ2n) is 6.08. The van der Waals surface area contributed by atoms with Gasteiger partial charge in [-0.2, -0.15) is 0 Å². The fraction of sp³-hybridized carbons (Fsp3) is 0.0909. The summed E-state index contributed by atoms with van der Waals surface area (Å²) >= 11 is 0. The van der Waals surface area contributed by atoms with Crippen LogP contribution in [0.15, 0.2) is 77.2 Å². The maximum Gasteiger partial charge on any atom is 0.262 e. The molecule has 0 bridgehead atoms. The van der Waals surface area contributed by atoms with E-state index >= 15 is 0 Å². The van der Waals surface area contributed by atoms with Gasteiger partial charge in [0.05, 0.1) is 7.11 Å². The molecule has 1 N–H and O–H groups in total. The lowest BCUT2D eigenvalue weighted by molar-refractivity contribution is -0.118. The Morgan fingerprint density at radius 2 is 1.79 bits per heavy atom. The largest absolute Gasteiger partial charge is 0.497 e. The van der Waals surface area contributed by atoms with Gasteiger partial charge in [-0.25, -0.2) is 4.98 Å². The predicted octanol–water partition coefficient (Wildman–Crippen LogP) is 4.52. The van der Waals surface area contributed by atoms with Gasteiger partial charge in [0.25, 0.3) is 5.91 Å². The summed E-state index contributed by atoms with van der Waals surface area (Å²) in [6.07, 6.45) is 0. The van der Waals surface area contributed by atoms with Crippen LogP contribution in [-0.2, 0) is 4.79 Å². The molecule has 0 saturated heterocycles. The lowest BCUT2D eigenvalue weighted by Gasteiger charge is -2.09. The third kappa shape index (κ3) is 3.96. The van der Waals surface area contributed by atoms with E-state index in [9.17, 15) is 4.79 Å². The summed E-state index contributed by atoms with van der Waals surface area (Å²) in [7, 11) is 1.58. The van der Waals surface area contributed by atoms with E-state index in [-0.39, 0.29) is 12.5 Å². The maximum atomic E-state index is 12.1. The van der Waals surface area contributed by atoms with E-state index in [1.165, 1.54) is 0 Å². The molecule has 0 fully saturated rings. The summed E-state index contributed by atoms with van der Waals surface area (Å²) in [6, 6.07) is 22.0. The first-order valence-corrected chi connectivity index (χ1v) is 8.74. The molecule has 3 aromatic carbocycles. The molecule has 6 heteroatoms. The van der Waals surface area contributed by atoms with Gasteiger partial charge in [0.15, 0.2) is 12.2 Å². The smallest absolute Gasteiger partial charge is 0.262 e. The van der Waals surface area contributed by atoms with Crippen LogP contribution >= 0.6 is 0 Å². The van der Waals surface area contributed by atoms with Crippen LogP contribution in [0.4, 0.5) is 5.69 Å². The number of carbonyl (C=O) groups is 1. The first-order valence-electron chi connectivity index (χ1n) is 8.74. The molecule has 1 amide bonds. The van der Waals surface area contributed by atoms with Crippen molar-refractivity contribution in [3.05, 3.63) is 72.8 Å². The van der Waals surface area contributed by atoms with Crippen LogP contribution < -0.4 is 14.8 Å². The van der Waals surface area contributed by atoms with Gasteiger partial charge < -0.3 is 19.2 Å². The lowest BCUT2D eigenvalue weighted by atomic mass is 10.2. The van der Waals surface area contributed by atoms with Gasteiger partial charge in [-0.15, -0.1) is 0 Å². The van der Waals surface area contributed by atoms with Gasteiger partial charge in [0, 0.05) is 17.3 Å². The zero-order valence-corrected chi connectivity index (χ0v) is 15.2. The summed E-state index contributed by atoms with van der Waals surface area (Å²) in [5.41, 5.74) is 3.05. The molecule has 0 unspecified atom stereocenters. The van der Waals surface area contributed by atoms with Crippen molar-refractivity contribution in [1.82, 2.24) is 4.98 Å². The number of aromatic nitrogens is 1. The minimum atomic E-state index is -0.252. The number of benzene rings is 3. The highest BCUT2D eigenvalue weighted by atomic mass is 16.5. The van der Waals surface area contributed by atoms with E-state index in [1.807, 2.05) is 42.5 Å². The van der Waals surface area contributed by atoms with Crippen molar-refractivity contribution in [2.75, 3.05) is 19.0 Å². The molecule has 0 atom stereocenters. The number of methoxy groups -OCH3 is 1. The summed E-state index contributed by atoms with van der Waals surface area (Å²) in [4.78, 5) is 16.6. The average Bonchev–Trinajstić information content (AvgIpc) is 3.17. The van der Waals surface area contributed by atoms with E-state index in [0.29, 0.717) is 23.1 Å². The molecule has 4 aromatic rings. The van der Waals surface area contributed by atoms with Crippen LogP contribution in [0.2, 0.25) is 0 Å². The van der Waals surface area contributed by atoms with Crippen molar-refractivity contribution in [2.24, 2.45) is 0 Å². The van der Waals surface area contributed by atoms with E-state index in [0.717, 1.165) is 16.7 Å². The monoisotopic (exact) mass is 374 g/mol. The fourth-order valence-corrected chi connectivity index (χ4v) is 2.73. The Morgan fingerprint density at radius 1 is 1.00 bits per heavy atom.